The van der Waals surface area contributed by atoms with Crippen molar-refractivity contribution in [3.05, 3.63) is 46.1 Å². The summed E-state index contributed by atoms with van der Waals surface area (Å²) in [6.07, 6.45) is 6.61. The number of aliphatic hydroxyl groups excluding tert-OH is 1. The maximum Gasteiger partial charge on any atom is 0.124 e. The van der Waals surface area contributed by atoms with Crippen molar-refractivity contribution in [3.8, 4) is 11.5 Å². The van der Waals surface area contributed by atoms with Crippen LogP contribution in [0.2, 0.25) is 0 Å². The van der Waals surface area contributed by atoms with E-state index in [1.54, 1.807) is 6.92 Å². The van der Waals surface area contributed by atoms with Gasteiger partial charge in [0.05, 0.1) is 6.61 Å². The summed E-state index contributed by atoms with van der Waals surface area (Å²) in [4.78, 5) is 0. The second-order valence-corrected chi connectivity index (χ2v) is 6.28. The zero-order valence-corrected chi connectivity index (χ0v) is 14.5. The van der Waals surface area contributed by atoms with Gasteiger partial charge in [-0.3, -0.25) is 0 Å². The van der Waals surface area contributed by atoms with Crippen LogP contribution in [-0.4, -0.2) is 15.3 Å². The van der Waals surface area contributed by atoms with Crippen LogP contribution in [0.3, 0.4) is 0 Å². The summed E-state index contributed by atoms with van der Waals surface area (Å²) >= 11 is 0. The van der Waals surface area contributed by atoms with E-state index in [-0.39, 0.29) is 18.1 Å². The summed E-state index contributed by atoms with van der Waals surface area (Å²) in [7, 11) is 0. The minimum atomic E-state index is -0.437. The third kappa shape index (κ3) is 3.36. The van der Waals surface area contributed by atoms with Crippen molar-refractivity contribution in [2.75, 3.05) is 0 Å². The molecular formula is C19H28O3. The highest BCUT2D eigenvalue weighted by atomic mass is 16.3. The summed E-state index contributed by atoms with van der Waals surface area (Å²) in [5, 5.41) is 30.6. The Labute approximate surface area is 133 Å². The topological polar surface area (TPSA) is 60.7 Å². The van der Waals surface area contributed by atoms with Crippen molar-refractivity contribution in [1.29, 1.82) is 0 Å². The molecule has 0 amide bonds. The normalized spacial score (nSPS) is 13.1. The van der Waals surface area contributed by atoms with Crippen LogP contribution in [0, 0.1) is 6.92 Å². The lowest BCUT2D eigenvalue weighted by Crippen LogP contribution is -2.18. The second kappa shape index (κ2) is 7.01. The van der Waals surface area contributed by atoms with Crippen LogP contribution in [0.1, 0.15) is 56.9 Å². The molecule has 1 rings (SSSR count). The lowest BCUT2D eigenvalue weighted by atomic mass is 9.77. The van der Waals surface area contributed by atoms with Crippen molar-refractivity contribution in [3.63, 3.8) is 0 Å². The van der Waals surface area contributed by atoms with E-state index in [1.165, 1.54) is 0 Å². The lowest BCUT2D eigenvalue weighted by Gasteiger charge is -2.28. The molecule has 0 aromatic heterocycles. The molecule has 22 heavy (non-hydrogen) atoms. The summed E-state index contributed by atoms with van der Waals surface area (Å²) in [5.74, 6) is 0.258. The Kier molecular flexibility index (Phi) is 5.84. The van der Waals surface area contributed by atoms with Crippen molar-refractivity contribution >= 4 is 0 Å². The predicted molar refractivity (Wildman–Crippen MR) is 91.4 cm³/mol. The van der Waals surface area contributed by atoms with Crippen LogP contribution in [0.4, 0.5) is 0 Å². The van der Waals surface area contributed by atoms with Crippen molar-refractivity contribution in [2.24, 2.45) is 0 Å². The number of aliphatic hydroxyl groups is 1. The molecule has 0 fully saturated rings. The first-order valence-electron chi connectivity index (χ1n) is 7.70. The molecule has 0 saturated heterocycles. The second-order valence-electron chi connectivity index (χ2n) is 6.28. The molecule has 0 bridgehead atoms. The molecule has 0 radical (unpaired) electrons. The monoisotopic (exact) mass is 304 g/mol. The molecule has 0 unspecified atom stereocenters. The maximum atomic E-state index is 10.7. The van der Waals surface area contributed by atoms with Gasteiger partial charge in [0, 0.05) is 22.1 Å². The molecule has 3 N–H and O–H groups in total. The van der Waals surface area contributed by atoms with Crippen LogP contribution in [0.5, 0.6) is 11.5 Å². The highest BCUT2D eigenvalue weighted by molar-refractivity contribution is 5.61. The number of benzene rings is 1. The first-order chi connectivity index (χ1) is 10.2. The lowest BCUT2D eigenvalue weighted by molar-refractivity contribution is 0.272. The average Bonchev–Trinajstić information content (AvgIpc) is 2.41. The Balaban J connectivity index is 3.67. The Morgan fingerprint density at radius 3 is 2.18 bits per heavy atom. The van der Waals surface area contributed by atoms with Crippen LogP contribution in [-0.2, 0) is 18.4 Å². The number of hydrogen-bond acceptors (Lipinski definition) is 3. The van der Waals surface area contributed by atoms with E-state index in [2.05, 4.69) is 6.08 Å². The Morgan fingerprint density at radius 2 is 1.73 bits per heavy atom. The summed E-state index contributed by atoms with van der Waals surface area (Å²) in [6, 6.07) is 0. The average molecular weight is 304 g/mol. The Bertz CT molecular complexity index is 608. The molecule has 1 aromatic carbocycles. The van der Waals surface area contributed by atoms with Crippen molar-refractivity contribution in [2.45, 2.75) is 60.0 Å². The molecule has 3 nitrogen and oxygen atoms in total. The van der Waals surface area contributed by atoms with Crippen LogP contribution in [0.15, 0.2) is 23.8 Å². The number of rotatable bonds is 5. The van der Waals surface area contributed by atoms with Crippen molar-refractivity contribution < 1.29 is 15.3 Å². The van der Waals surface area contributed by atoms with Gasteiger partial charge in [0.2, 0.25) is 0 Å². The molecule has 0 spiro atoms. The molecule has 3 heteroatoms. The fraction of sp³-hybridized carbons (Fsp3) is 0.474. The van der Waals surface area contributed by atoms with E-state index >= 15 is 0 Å². The van der Waals surface area contributed by atoms with E-state index in [9.17, 15) is 15.3 Å². The molecule has 0 aliphatic heterocycles. The van der Waals surface area contributed by atoms with Gasteiger partial charge in [0.15, 0.2) is 0 Å². The minimum Gasteiger partial charge on any atom is -0.507 e. The van der Waals surface area contributed by atoms with Gasteiger partial charge < -0.3 is 15.3 Å². The number of allylic oxidation sites excluding steroid dienone is 4. The molecule has 0 aliphatic carbocycles. The summed E-state index contributed by atoms with van der Waals surface area (Å²) in [6.45, 7) is 11.4. The molecule has 0 saturated carbocycles. The third-order valence-electron chi connectivity index (χ3n) is 4.08. The van der Waals surface area contributed by atoms with E-state index in [0.29, 0.717) is 28.7 Å². The Hall–Kier alpha value is -1.74. The smallest absolute Gasteiger partial charge is 0.124 e. The largest absolute Gasteiger partial charge is 0.507 e. The maximum absolute atomic E-state index is 10.7. The molecule has 0 atom stereocenters. The van der Waals surface area contributed by atoms with Gasteiger partial charge in [-0.05, 0) is 32.8 Å². The Morgan fingerprint density at radius 1 is 1.14 bits per heavy atom. The highest BCUT2D eigenvalue weighted by Crippen LogP contribution is 2.44. The van der Waals surface area contributed by atoms with E-state index in [1.807, 2.05) is 46.8 Å². The third-order valence-corrected chi connectivity index (χ3v) is 4.08. The zero-order chi connectivity index (χ0) is 17.1. The quantitative estimate of drug-likeness (QED) is 0.562. The van der Waals surface area contributed by atoms with Gasteiger partial charge in [-0.25, -0.2) is 0 Å². The van der Waals surface area contributed by atoms with E-state index in [0.717, 1.165) is 5.57 Å². The number of phenols is 2. The van der Waals surface area contributed by atoms with Gasteiger partial charge in [-0.2, -0.15) is 0 Å². The summed E-state index contributed by atoms with van der Waals surface area (Å²) in [5.41, 5.74) is 3.02. The minimum absolute atomic E-state index is 0.0808. The number of aromatic hydroxyl groups is 2. The van der Waals surface area contributed by atoms with Gasteiger partial charge in [-0.1, -0.05) is 44.6 Å². The molecule has 0 aliphatic rings. The van der Waals surface area contributed by atoms with Crippen LogP contribution in [0.25, 0.3) is 0 Å². The number of hydrogen-bond donors (Lipinski definition) is 3. The predicted octanol–water partition coefficient (Wildman–Crippen LogP) is 4.26. The van der Waals surface area contributed by atoms with Gasteiger partial charge in [-0.15, -0.1) is 0 Å². The first kappa shape index (κ1) is 18.3. The standard InChI is InChI=1S/C19H28O3/c1-7-9-12(3)10-19(5,6)16-13(4)17(21)15(11-20)14(8-2)18(16)22/h7,9-10,20-22H,8,11H2,1-6H3/b9-7-,12-10+. The first-order valence-corrected chi connectivity index (χ1v) is 7.70. The molecule has 0 heterocycles. The fourth-order valence-electron chi connectivity index (χ4n) is 3.25. The zero-order valence-electron chi connectivity index (χ0n) is 14.5. The van der Waals surface area contributed by atoms with Crippen LogP contribution >= 0.6 is 0 Å². The number of phenolic OH excluding ortho intramolecular Hbond substituents is 1. The molecular weight excluding hydrogens is 276 g/mol. The van der Waals surface area contributed by atoms with Gasteiger partial charge in [0.1, 0.15) is 11.5 Å². The van der Waals surface area contributed by atoms with E-state index < -0.39 is 5.41 Å². The van der Waals surface area contributed by atoms with E-state index in [4.69, 9.17) is 0 Å². The van der Waals surface area contributed by atoms with Crippen LogP contribution < -0.4 is 0 Å². The van der Waals surface area contributed by atoms with Gasteiger partial charge in [0.25, 0.3) is 0 Å². The molecule has 122 valence electrons. The highest BCUT2D eigenvalue weighted by Gasteiger charge is 2.29. The fourth-order valence-corrected chi connectivity index (χ4v) is 3.25. The molecule has 1 aromatic rings. The summed E-state index contributed by atoms with van der Waals surface area (Å²) < 4.78 is 0. The SMILES string of the molecule is C/C=C\C(C)=C\C(C)(C)c1c(C)c(O)c(CO)c(CC)c1O. The van der Waals surface area contributed by atoms with Gasteiger partial charge >= 0.3 is 0 Å². The van der Waals surface area contributed by atoms with Crippen molar-refractivity contribution in [1.82, 2.24) is 0 Å².